The Morgan fingerprint density at radius 1 is 1.06 bits per heavy atom. The summed E-state index contributed by atoms with van der Waals surface area (Å²) in [5, 5.41) is 18.4. The van der Waals surface area contributed by atoms with Crippen LogP contribution in [-0.4, -0.2) is 5.11 Å². The molecule has 0 unspecified atom stereocenters. The molecular weight excluding hydrogens is 200 g/mol. The number of nitrogens with two attached hydrogens (primary N) is 1. The number of aromatic hydroxyl groups is 1. The average Bonchev–Trinajstić information content (AvgIpc) is 2.32. The van der Waals surface area contributed by atoms with Gasteiger partial charge in [-0.2, -0.15) is 5.26 Å². The third-order valence-electron chi connectivity index (χ3n) is 2.35. The predicted octanol–water partition coefficient (Wildman–Crippen LogP) is 2.51. The summed E-state index contributed by atoms with van der Waals surface area (Å²) in [4.78, 5) is 0. The number of nitrogen functional groups attached to an aromatic ring is 1. The van der Waals surface area contributed by atoms with Crippen LogP contribution in [0, 0.1) is 11.3 Å². The standard InChI is InChI=1S/C13H10N2O/c14-8-9-1-3-10(4-2-9)12-7-11(15)5-6-13(12)16/h1-7,16H,15H2. The van der Waals surface area contributed by atoms with Gasteiger partial charge < -0.3 is 10.8 Å². The topological polar surface area (TPSA) is 70.0 Å². The van der Waals surface area contributed by atoms with Gasteiger partial charge in [-0.05, 0) is 35.9 Å². The first-order chi connectivity index (χ1) is 7.70. The van der Waals surface area contributed by atoms with Gasteiger partial charge in [0.2, 0.25) is 0 Å². The highest BCUT2D eigenvalue weighted by Gasteiger charge is 2.04. The van der Waals surface area contributed by atoms with Crippen molar-refractivity contribution < 1.29 is 5.11 Å². The van der Waals surface area contributed by atoms with Crippen LogP contribution in [0.25, 0.3) is 11.1 Å². The van der Waals surface area contributed by atoms with Gasteiger partial charge in [-0.15, -0.1) is 0 Å². The van der Waals surface area contributed by atoms with Crippen molar-refractivity contribution in [3.8, 4) is 22.9 Å². The number of anilines is 1. The molecule has 0 heterocycles. The normalized spacial score (nSPS) is 9.69. The molecule has 0 radical (unpaired) electrons. The van der Waals surface area contributed by atoms with Crippen molar-refractivity contribution in [2.24, 2.45) is 0 Å². The Balaban J connectivity index is 2.50. The minimum Gasteiger partial charge on any atom is -0.507 e. The molecule has 0 spiro atoms. The number of rotatable bonds is 1. The Morgan fingerprint density at radius 2 is 1.75 bits per heavy atom. The highest BCUT2D eigenvalue weighted by atomic mass is 16.3. The molecule has 0 aromatic heterocycles. The van der Waals surface area contributed by atoms with Crippen LogP contribution in [0.5, 0.6) is 5.75 Å². The average molecular weight is 210 g/mol. The van der Waals surface area contributed by atoms with Gasteiger partial charge in [0, 0.05) is 11.3 Å². The van der Waals surface area contributed by atoms with Gasteiger partial charge in [-0.1, -0.05) is 12.1 Å². The molecule has 16 heavy (non-hydrogen) atoms. The summed E-state index contributed by atoms with van der Waals surface area (Å²) < 4.78 is 0. The zero-order valence-electron chi connectivity index (χ0n) is 8.51. The highest BCUT2D eigenvalue weighted by molar-refractivity contribution is 5.73. The second-order valence-electron chi connectivity index (χ2n) is 3.47. The lowest BCUT2D eigenvalue weighted by atomic mass is 10.0. The molecule has 2 rings (SSSR count). The van der Waals surface area contributed by atoms with Crippen molar-refractivity contribution in [3.63, 3.8) is 0 Å². The van der Waals surface area contributed by atoms with E-state index in [1.807, 2.05) is 6.07 Å². The number of nitriles is 1. The van der Waals surface area contributed by atoms with Gasteiger partial charge in [0.15, 0.2) is 0 Å². The third kappa shape index (κ3) is 1.82. The van der Waals surface area contributed by atoms with Crippen molar-refractivity contribution >= 4 is 5.69 Å². The number of hydrogen-bond acceptors (Lipinski definition) is 3. The summed E-state index contributed by atoms with van der Waals surface area (Å²) in [7, 11) is 0. The van der Waals surface area contributed by atoms with E-state index in [0.717, 1.165) is 5.56 Å². The van der Waals surface area contributed by atoms with E-state index in [0.29, 0.717) is 16.8 Å². The van der Waals surface area contributed by atoms with Crippen LogP contribution in [0.2, 0.25) is 0 Å². The molecule has 3 nitrogen and oxygen atoms in total. The fourth-order valence-corrected chi connectivity index (χ4v) is 1.51. The van der Waals surface area contributed by atoms with Gasteiger partial charge >= 0.3 is 0 Å². The molecule has 0 aliphatic rings. The Kier molecular flexibility index (Phi) is 2.49. The zero-order valence-corrected chi connectivity index (χ0v) is 8.51. The lowest BCUT2D eigenvalue weighted by Crippen LogP contribution is -1.86. The SMILES string of the molecule is N#Cc1ccc(-c2cc(N)ccc2O)cc1. The van der Waals surface area contributed by atoms with Gasteiger partial charge in [0.1, 0.15) is 5.75 Å². The van der Waals surface area contributed by atoms with Crippen LogP contribution in [0.1, 0.15) is 5.56 Å². The summed E-state index contributed by atoms with van der Waals surface area (Å²) >= 11 is 0. The summed E-state index contributed by atoms with van der Waals surface area (Å²) in [6, 6.07) is 13.9. The Labute approximate surface area is 93.4 Å². The third-order valence-corrected chi connectivity index (χ3v) is 2.35. The van der Waals surface area contributed by atoms with E-state index < -0.39 is 0 Å². The van der Waals surface area contributed by atoms with Crippen LogP contribution in [0.15, 0.2) is 42.5 Å². The zero-order chi connectivity index (χ0) is 11.5. The lowest BCUT2D eigenvalue weighted by molar-refractivity contribution is 0.477. The molecule has 0 aliphatic heterocycles. The first-order valence-electron chi connectivity index (χ1n) is 4.80. The second kappa shape index (κ2) is 3.95. The molecule has 2 aromatic rings. The fraction of sp³-hybridized carbons (Fsp3) is 0. The predicted molar refractivity (Wildman–Crippen MR) is 62.7 cm³/mol. The fourth-order valence-electron chi connectivity index (χ4n) is 1.51. The molecule has 78 valence electrons. The van der Waals surface area contributed by atoms with E-state index in [1.165, 1.54) is 0 Å². The molecule has 0 saturated carbocycles. The first-order valence-corrected chi connectivity index (χ1v) is 4.80. The van der Waals surface area contributed by atoms with Crippen LogP contribution in [0.4, 0.5) is 5.69 Å². The monoisotopic (exact) mass is 210 g/mol. The van der Waals surface area contributed by atoms with Gasteiger partial charge in [-0.3, -0.25) is 0 Å². The van der Waals surface area contributed by atoms with E-state index in [1.54, 1.807) is 42.5 Å². The largest absolute Gasteiger partial charge is 0.507 e. The molecule has 3 heteroatoms. The number of nitrogens with zero attached hydrogens (tertiary/aromatic N) is 1. The van der Waals surface area contributed by atoms with Crippen LogP contribution < -0.4 is 5.73 Å². The van der Waals surface area contributed by atoms with Crippen LogP contribution in [0.3, 0.4) is 0 Å². The minimum absolute atomic E-state index is 0.180. The van der Waals surface area contributed by atoms with E-state index >= 15 is 0 Å². The summed E-state index contributed by atoms with van der Waals surface area (Å²) in [5.41, 5.74) is 8.35. The maximum atomic E-state index is 9.69. The van der Waals surface area contributed by atoms with Crippen LogP contribution >= 0.6 is 0 Å². The van der Waals surface area contributed by atoms with Crippen molar-refractivity contribution in [1.29, 1.82) is 5.26 Å². The summed E-state index contributed by atoms with van der Waals surface area (Å²) in [6.07, 6.45) is 0. The van der Waals surface area contributed by atoms with Gasteiger partial charge in [0.25, 0.3) is 0 Å². The molecule has 2 aromatic carbocycles. The summed E-state index contributed by atoms with van der Waals surface area (Å²) in [5.74, 6) is 0.180. The smallest absolute Gasteiger partial charge is 0.123 e. The Bertz CT molecular complexity index is 553. The maximum absolute atomic E-state index is 9.69. The van der Waals surface area contributed by atoms with E-state index in [4.69, 9.17) is 11.0 Å². The van der Waals surface area contributed by atoms with Crippen molar-refractivity contribution in [3.05, 3.63) is 48.0 Å². The molecule has 0 saturated heterocycles. The molecule has 0 fully saturated rings. The van der Waals surface area contributed by atoms with E-state index in [-0.39, 0.29) is 5.75 Å². The molecule has 3 N–H and O–H groups in total. The van der Waals surface area contributed by atoms with Crippen LogP contribution in [-0.2, 0) is 0 Å². The molecular formula is C13H10N2O. The second-order valence-corrected chi connectivity index (χ2v) is 3.47. The van der Waals surface area contributed by atoms with E-state index in [2.05, 4.69) is 0 Å². The maximum Gasteiger partial charge on any atom is 0.123 e. The van der Waals surface area contributed by atoms with Crippen molar-refractivity contribution in [2.75, 3.05) is 5.73 Å². The number of phenols is 1. The summed E-state index contributed by atoms with van der Waals surface area (Å²) in [6.45, 7) is 0. The lowest BCUT2D eigenvalue weighted by Gasteiger charge is -2.05. The molecule has 0 aliphatic carbocycles. The van der Waals surface area contributed by atoms with Crippen molar-refractivity contribution in [1.82, 2.24) is 0 Å². The first kappa shape index (κ1) is 10.1. The number of hydrogen-bond donors (Lipinski definition) is 2. The van der Waals surface area contributed by atoms with Crippen molar-refractivity contribution in [2.45, 2.75) is 0 Å². The van der Waals surface area contributed by atoms with Gasteiger partial charge in [-0.25, -0.2) is 0 Å². The quantitative estimate of drug-likeness (QED) is 0.561. The Morgan fingerprint density at radius 3 is 2.38 bits per heavy atom. The molecule has 0 bridgehead atoms. The molecule has 0 atom stereocenters. The highest BCUT2D eigenvalue weighted by Crippen LogP contribution is 2.30. The minimum atomic E-state index is 0.180. The van der Waals surface area contributed by atoms with E-state index in [9.17, 15) is 5.11 Å². The van der Waals surface area contributed by atoms with Gasteiger partial charge in [0.05, 0.1) is 11.6 Å². The number of benzene rings is 2. The number of phenolic OH excluding ortho intramolecular Hbond substituents is 1. The molecule has 0 amide bonds. The Hall–Kier alpha value is -2.47.